The van der Waals surface area contributed by atoms with Crippen molar-refractivity contribution in [2.24, 2.45) is 5.92 Å². The third-order valence-corrected chi connectivity index (χ3v) is 3.89. The number of nitrogens with zero attached hydrogens (tertiary/aromatic N) is 1. The second kappa shape index (κ2) is 6.31. The van der Waals surface area contributed by atoms with Crippen LogP contribution in [0, 0.1) is 5.92 Å². The van der Waals surface area contributed by atoms with Crippen molar-refractivity contribution in [2.45, 2.75) is 19.8 Å². The number of halogens is 1. The SMILES string of the molecule is CCC1CN(CC(=O)c2ccc(Cl)cc2)CCC1=O. The van der Waals surface area contributed by atoms with Gasteiger partial charge in [-0.3, -0.25) is 14.5 Å². The summed E-state index contributed by atoms with van der Waals surface area (Å²) in [5, 5.41) is 0.631. The number of ketones is 2. The molecule has 3 nitrogen and oxygen atoms in total. The molecule has 1 fully saturated rings. The number of carbonyl (C=O) groups excluding carboxylic acids is 2. The zero-order valence-electron chi connectivity index (χ0n) is 11.1. The smallest absolute Gasteiger partial charge is 0.176 e. The summed E-state index contributed by atoms with van der Waals surface area (Å²) in [6.07, 6.45) is 1.41. The lowest BCUT2D eigenvalue weighted by Crippen LogP contribution is -2.42. The lowest BCUT2D eigenvalue weighted by Gasteiger charge is -2.30. The van der Waals surface area contributed by atoms with Crippen LogP contribution in [-0.4, -0.2) is 36.1 Å². The van der Waals surface area contributed by atoms with Crippen LogP contribution in [0.15, 0.2) is 24.3 Å². The van der Waals surface area contributed by atoms with Crippen LogP contribution in [-0.2, 0) is 4.79 Å². The van der Waals surface area contributed by atoms with Gasteiger partial charge in [-0.15, -0.1) is 0 Å². The molecule has 19 heavy (non-hydrogen) atoms. The van der Waals surface area contributed by atoms with Crippen molar-refractivity contribution in [3.63, 3.8) is 0 Å². The van der Waals surface area contributed by atoms with Crippen LogP contribution in [0.3, 0.4) is 0 Å². The van der Waals surface area contributed by atoms with Crippen LogP contribution in [0.5, 0.6) is 0 Å². The highest BCUT2D eigenvalue weighted by Gasteiger charge is 2.26. The highest BCUT2D eigenvalue weighted by atomic mass is 35.5. The third-order valence-electron chi connectivity index (χ3n) is 3.63. The van der Waals surface area contributed by atoms with Gasteiger partial charge in [0.05, 0.1) is 6.54 Å². The number of piperidine rings is 1. The summed E-state index contributed by atoms with van der Waals surface area (Å²) in [6, 6.07) is 6.95. The summed E-state index contributed by atoms with van der Waals surface area (Å²) in [5.74, 6) is 0.505. The first-order valence-corrected chi connectivity index (χ1v) is 7.01. The van der Waals surface area contributed by atoms with Crippen LogP contribution in [0.1, 0.15) is 30.1 Å². The van der Waals surface area contributed by atoms with Gasteiger partial charge in [0.1, 0.15) is 5.78 Å². The second-order valence-electron chi connectivity index (χ2n) is 4.99. The molecule has 1 saturated heterocycles. The Labute approximate surface area is 118 Å². The van der Waals surface area contributed by atoms with Crippen LogP contribution >= 0.6 is 11.6 Å². The van der Waals surface area contributed by atoms with E-state index in [1.807, 2.05) is 6.92 Å². The molecule has 0 amide bonds. The van der Waals surface area contributed by atoms with Crippen LogP contribution in [0.4, 0.5) is 0 Å². The Kier molecular flexibility index (Phi) is 4.72. The molecule has 1 unspecified atom stereocenters. The molecule has 0 radical (unpaired) electrons. The number of benzene rings is 1. The minimum Gasteiger partial charge on any atom is -0.299 e. The van der Waals surface area contributed by atoms with Gasteiger partial charge in [0, 0.05) is 36.0 Å². The van der Waals surface area contributed by atoms with E-state index in [2.05, 4.69) is 4.90 Å². The van der Waals surface area contributed by atoms with Crippen LogP contribution in [0.25, 0.3) is 0 Å². The fourth-order valence-corrected chi connectivity index (χ4v) is 2.53. The van der Waals surface area contributed by atoms with Gasteiger partial charge in [0.25, 0.3) is 0 Å². The largest absolute Gasteiger partial charge is 0.299 e. The van der Waals surface area contributed by atoms with Gasteiger partial charge in [0.15, 0.2) is 5.78 Å². The molecule has 4 heteroatoms. The topological polar surface area (TPSA) is 37.4 Å². The molecule has 1 aromatic rings. The summed E-state index contributed by atoms with van der Waals surface area (Å²) in [5.41, 5.74) is 0.675. The lowest BCUT2D eigenvalue weighted by molar-refractivity contribution is -0.126. The maximum atomic E-state index is 12.1. The summed E-state index contributed by atoms with van der Waals surface area (Å²) >= 11 is 5.80. The molecule has 1 atom stereocenters. The van der Waals surface area contributed by atoms with Crippen LogP contribution in [0.2, 0.25) is 5.02 Å². The first-order chi connectivity index (χ1) is 9.10. The predicted octanol–water partition coefficient (Wildman–Crippen LogP) is 2.82. The van der Waals surface area contributed by atoms with E-state index < -0.39 is 0 Å². The van der Waals surface area contributed by atoms with Crippen molar-refractivity contribution in [3.8, 4) is 0 Å². The number of carbonyl (C=O) groups is 2. The highest BCUT2D eigenvalue weighted by molar-refractivity contribution is 6.30. The zero-order valence-corrected chi connectivity index (χ0v) is 11.8. The summed E-state index contributed by atoms with van der Waals surface area (Å²) in [4.78, 5) is 25.8. The second-order valence-corrected chi connectivity index (χ2v) is 5.42. The van der Waals surface area contributed by atoms with Crippen molar-refractivity contribution in [1.82, 2.24) is 4.90 Å². The first-order valence-electron chi connectivity index (χ1n) is 6.64. The molecule has 102 valence electrons. The molecule has 0 spiro atoms. The average molecular weight is 280 g/mol. The Morgan fingerprint density at radius 3 is 2.68 bits per heavy atom. The van der Waals surface area contributed by atoms with E-state index in [9.17, 15) is 9.59 Å². The molecule has 1 aromatic carbocycles. The van der Waals surface area contributed by atoms with Gasteiger partial charge in [-0.05, 0) is 30.7 Å². The summed E-state index contributed by atoms with van der Waals surface area (Å²) < 4.78 is 0. The number of likely N-dealkylation sites (tertiary alicyclic amines) is 1. The fourth-order valence-electron chi connectivity index (χ4n) is 2.41. The van der Waals surface area contributed by atoms with Crippen molar-refractivity contribution >= 4 is 23.2 Å². The number of hydrogen-bond donors (Lipinski definition) is 0. The van der Waals surface area contributed by atoms with E-state index in [4.69, 9.17) is 11.6 Å². The van der Waals surface area contributed by atoms with Crippen molar-refractivity contribution in [2.75, 3.05) is 19.6 Å². The highest BCUT2D eigenvalue weighted by Crippen LogP contribution is 2.17. The van der Waals surface area contributed by atoms with E-state index in [0.717, 1.165) is 6.42 Å². The predicted molar refractivity (Wildman–Crippen MR) is 75.6 cm³/mol. The van der Waals surface area contributed by atoms with Crippen molar-refractivity contribution in [1.29, 1.82) is 0 Å². The fraction of sp³-hybridized carbons (Fsp3) is 0.467. The monoisotopic (exact) mass is 279 g/mol. The van der Waals surface area contributed by atoms with E-state index in [0.29, 0.717) is 42.4 Å². The Hall–Kier alpha value is -1.19. The van der Waals surface area contributed by atoms with Gasteiger partial charge in [-0.25, -0.2) is 0 Å². The maximum absolute atomic E-state index is 12.1. The molecular weight excluding hydrogens is 262 g/mol. The minimum absolute atomic E-state index is 0.0841. The molecule has 1 heterocycles. The van der Waals surface area contributed by atoms with Gasteiger partial charge >= 0.3 is 0 Å². The summed E-state index contributed by atoms with van der Waals surface area (Å²) in [7, 11) is 0. The van der Waals surface area contributed by atoms with E-state index in [1.54, 1.807) is 24.3 Å². The number of Topliss-reactive ketones (excluding diaryl/α,β-unsaturated/α-hetero) is 2. The van der Waals surface area contributed by atoms with Crippen molar-refractivity contribution < 1.29 is 9.59 Å². The molecule has 0 bridgehead atoms. The number of hydrogen-bond acceptors (Lipinski definition) is 3. The molecule has 1 aliphatic heterocycles. The van der Waals surface area contributed by atoms with Gasteiger partial charge < -0.3 is 0 Å². The quantitative estimate of drug-likeness (QED) is 0.796. The van der Waals surface area contributed by atoms with Crippen molar-refractivity contribution in [3.05, 3.63) is 34.9 Å². The van der Waals surface area contributed by atoms with E-state index >= 15 is 0 Å². The Balaban J connectivity index is 1.95. The van der Waals surface area contributed by atoms with E-state index in [-0.39, 0.29) is 11.7 Å². The minimum atomic E-state index is 0.0841. The molecule has 1 aliphatic rings. The lowest BCUT2D eigenvalue weighted by atomic mass is 9.94. The molecule has 0 saturated carbocycles. The molecule has 0 aromatic heterocycles. The Morgan fingerprint density at radius 2 is 2.05 bits per heavy atom. The van der Waals surface area contributed by atoms with Gasteiger partial charge in [-0.2, -0.15) is 0 Å². The normalized spacial score (nSPS) is 20.5. The average Bonchev–Trinajstić information content (AvgIpc) is 2.41. The van der Waals surface area contributed by atoms with E-state index in [1.165, 1.54) is 0 Å². The molecule has 0 aliphatic carbocycles. The van der Waals surface area contributed by atoms with Gasteiger partial charge in [-0.1, -0.05) is 18.5 Å². The third kappa shape index (κ3) is 3.64. The zero-order chi connectivity index (χ0) is 13.8. The molecule has 2 rings (SSSR count). The van der Waals surface area contributed by atoms with Gasteiger partial charge in [0.2, 0.25) is 0 Å². The number of rotatable bonds is 4. The standard InChI is InChI=1S/C15H18ClNO2/c1-2-11-9-17(8-7-14(11)18)10-15(19)12-3-5-13(16)6-4-12/h3-6,11H,2,7-10H2,1H3. The Bertz CT molecular complexity index is 470. The first kappa shape index (κ1) is 14.2. The molecular formula is C15H18ClNO2. The maximum Gasteiger partial charge on any atom is 0.176 e. The Morgan fingerprint density at radius 1 is 1.37 bits per heavy atom. The van der Waals surface area contributed by atoms with Crippen LogP contribution < -0.4 is 0 Å². The summed E-state index contributed by atoms with van der Waals surface area (Å²) in [6.45, 7) is 3.79. The molecule has 0 N–H and O–H groups in total.